The van der Waals surface area contributed by atoms with Crippen LogP contribution in [-0.2, 0) is 42.9 Å². The molecule has 0 spiro atoms. The van der Waals surface area contributed by atoms with Crippen molar-refractivity contribution in [2.45, 2.75) is 113 Å². The number of alkyl halides is 1. The van der Waals surface area contributed by atoms with Crippen LogP contribution in [0.25, 0.3) is 0 Å². The van der Waals surface area contributed by atoms with Crippen molar-refractivity contribution < 1.29 is 42.9 Å². The van der Waals surface area contributed by atoms with Gasteiger partial charge in [0, 0.05) is 0 Å². The average Bonchev–Trinajstić information content (AvgIpc) is 2.67. The van der Waals surface area contributed by atoms with Crippen molar-refractivity contribution in [1.29, 1.82) is 0 Å². The first-order chi connectivity index (χ1) is 16.0. The standard InChI is InChI=1S/C26H43BrO9/c1-23(2,3)19(28)32-13-14-15(34-20(29)24(4,5)6)16(35-21(30)25(7,8)9)17(18(27)33-14)36-22(31)26(10,11)12/h14-18H,13H2,1-12H3/t14-,15?,16+,17?,18?/m1/s1. The summed E-state index contributed by atoms with van der Waals surface area (Å²) in [5.41, 5.74) is -3.43. The van der Waals surface area contributed by atoms with E-state index >= 15 is 0 Å². The van der Waals surface area contributed by atoms with Crippen LogP contribution < -0.4 is 0 Å². The Labute approximate surface area is 223 Å². The van der Waals surface area contributed by atoms with Gasteiger partial charge in [-0.3, -0.25) is 19.2 Å². The third-order valence-electron chi connectivity index (χ3n) is 5.13. The van der Waals surface area contributed by atoms with Gasteiger partial charge < -0.3 is 23.7 Å². The van der Waals surface area contributed by atoms with Crippen LogP contribution in [0.15, 0.2) is 0 Å². The van der Waals surface area contributed by atoms with Crippen LogP contribution in [0.3, 0.4) is 0 Å². The Hall–Kier alpha value is -1.68. The highest BCUT2D eigenvalue weighted by Gasteiger charge is 2.53. The van der Waals surface area contributed by atoms with Gasteiger partial charge >= 0.3 is 23.9 Å². The van der Waals surface area contributed by atoms with Gasteiger partial charge in [0.25, 0.3) is 0 Å². The molecule has 5 atom stereocenters. The number of hydrogen-bond donors (Lipinski definition) is 0. The van der Waals surface area contributed by atoms with Crippen LogP contribution in [0, 0.1) is 21.7 Å². The Balaban J connectivity index is 3.50. The van der Waals surface area contributed by atoms with Gasteiger partial charge in [0.05, 0.1) is 21.7 Å². The molecule has 0 radical (unpaired) electrons. The lowest BCUT2D eigenvalue weighted by Crippen LogP contribution is -2.62. The molecule has 0 aliphatic carbocycles. The summed E-state index contributed by atoms with van der Waals surface area (Å²) in [5, 5.41) is -0.940. The number of halogens is 1. The van der Waals surface area contributed by atoms with Crippen LogP contribution in [0.2, 0.25) is 0 Å². The Morgan fingerprint density at radius 1 is 0.583 bits per heavy atom. The summed E-state index contributed by atoms with van der Waals surface area (Å²) in [7, 11) is 0. The van der Waals surface area contributed by atoms with Gasteiger partial charge in [-0.1, -0.05) is 15.9 Å². The molecule has 1 aliphatic rings. The quantitative estimate of drug-likeness (QED) is 0.263. The summed E-state index contributed by atoms with van der Waals surface area (Å²) >= 11 is 3.38. The van der Waals surface area contributed by atoms with Crippen LogP contribution in [-0.4, -0.2) is 59.9 Å². The van der Waals surface area contributed by atoms with E-state index in [4.69, 9.17) is 23.7 Å². The highest BCUT2D eigenvalue weighted by atomic mass is 79.9. The van der Waals surface area contributed by atoms with E-state index in [1.165, 1.54) is 0 Å². The highest BCUT2D eigenvalue weighted by Crippen LogP contribution is 2.35. The Kier molecular flexibility index (Phi) is 10.2. The summed E-state index contributed by atoms with van der Waals surface area (Å²) in [4.78, 5) is 51.1. The topological polar surface area (TPSA) is 114 Å². The fourth-order valence-electron chi connectivity index (χ4n) is 2.68. The van der Waals surface area contributed by atoms with Gasteiger partial charge in [-0.05, 0) is 83.1 Å². The van der Waals surface area contributed by atoms with Crippen molar-refractivity contribution in [3.8, 4) is 0 Å². The second-order valence-electron chi connectivity index (χ2n) is 13.2. The summed E-state index contributed by atoms with van der Waals surface area (Å²) in [6, 6.07) is 0. The van der Waals surface area contributed by atoms with E-state index < -0.39 is 75.0 Å². The first kappa shape index (κ1) is 32.3. The molecular weight excluding hydrogens is 536 g/mol. The summed E-state index contributed by atoms with van der Waals surface area (Å²) in [6.07, 6.45) is -4.60. The van der Waals surface area contributed by atoms with Crippen molar-refractivity contribution in [2.24, 2.45) is 21.7 Å². The molecule has 1 fully saturated rings. The van der Waals surface area contributed by atoms with Crippen molar-refractivity contribution in [1.82, 2.24) is 0 Å². The van der Waals surface area contributed by atoms with Crippen molar-refractivity contribution >= 4 is 39.8 Å². The van der Waals surface area contributed by atoms with E-state index in [-0.39, 0.29) is 6.61 Å². The fourth-order valence-corrected chi connectivity index (χ4v) is 3.36. The minimum Gasteiger partial charge on any atom is -0.462 e. The SMILES string of the molecule is CC(C)(C)C(=O)OC[C@H]1OC(Br)C(OC(=O)C(C)(C)C)[C@@H](OC(=O)C(C)(C)C)C1OC(=O)C(C)(C)C. The van der Waals surface area contributed by atoms with Crippen molar-refractivity contribution in [2.75, 3.05) is 6.61 Å². The van der Waals surface area contributed by atoms with Crippen LogP contribution in [0.5, 0.6) is 0 Å². The fraction of sp³-hybridized carbons (Fsp3) is 0.846. The molecular formula is C26H43BrO9. The molecule has 36 heavy (non-hydrogen) atoms. The minimum atomic E-state index is -1.23. The van der Waals surface area contributed by atoms with E-state index in [2.05, 4.69) is 15.9 Å². The van der Waals surface area contributed by atoms with Crippen molar-refractivity contribution in [3.05, 3.63) is 0 Å². The average molecular weight is 580 g/mol. The van der Waals surface area contributed by atoms with Crippen LogP contribution in [0.1, 0.15) is 83.1 Å². The molecule has 0 aromatic rings. The monoisotopic (exact) mass is 578 g/mol. The number of carbonyl (C=O) groups excluding carboxylic acids is 4. The number of rotatable bonds is 5. The minimum absolute atomic E-state index is 0.274. The first-order valence-electron chi connectivity index (χ1n) is 12.1. The normalized spacial score (nSPS) is 25.5. The van der Waals surface area contributed by atoms with Crippen LogP contribution in [0.4, 0.5) is 0 Å². The number of esters is 4. The lowest BCUT2D eigenvalue weighted by molar-refractivity contribution is -0.245. The van der Waals surface area contributed by atoms with Gasteiger partial charge in [0.15, 0.2) is 23.3 Å². The van der Waals surface area contributed by atoms with Crippen LogP contribution >= 0.6 is 15.9 Å². The van der Waals surface area contributed by atoms with E-state index in [9.17, 15) is 19.2 Å². The van der Waals surface area contributed by atoms with E-state index in [1.54, 1.807) is 83.1 Å². The van der Waals surface area contributed by atoms with Gasteiger partial charge in [0.2, 0.25) is 0 Å². The molecule has 0 amide bonds. The second-order valence-corrected chi connectivity index (χ2v) is 14.1. The van der Waals surface area contributed by atoms with Gasteiger partial charge in [-0.2, -0.15) is 0 Å². The smallest absolute Gasteiger partial charge is 0.311 e. The molecule has 1 saturated heterocycles. The van der Waals surface area contributed by atoms with E-state index in [1.807, 2.05) is 0 Å². The predicted octanol–water partition coefficient (Wildman–Crippen LogP) is 4.57. The van der Waals surface area contributed by atoms with E-state index in [0.29, 0.717) is 0 Å². The van der Waals surface area contributed by atoms with Crippen molar-refractivity contribution in [3.63, 3.8) is 0 Å². The molecule has 0 N–H and O–H groups in total. The molecule has 3 unspecified atom stereocenters. The lowest BCUT2D eigenvalue weighted by Gasteiger charge is -2.44. The molecule has 0 aromatic carbocycles. The number of ether oxygens (including phenoxy) is 5. The summed E-state index contributed by atoms with van der Waals surface area (Å²) < 4.78 is 28.8. The molecule has 1 aliphatic heterocycles. The number of carbonyl (C=O) groups is 4. The Morgan fingerprint density at radius 3 is 1.28 bits per heavy atom. The van der Waals surface area contributed by atoms with E-state index in [0.717, 1.165) is 0 Å². The summed E-state index contributed by atoms with van der Waals surface area (Å²) in [6.45, 7) is 19.9. The third-order valence-corrected chi connectivity index (χ3v) is 5.87. The van der Waals surface area contributed by atoms with Gasteiger partial charge in [-0.15, -0.1) is 0 Å². The molecule has 10 heteroatoms. The maximum Gasteiger partial charge on any atom is 0.311 e. The zero-order valence-electron chi connectivity index (χ0n) is 23.6. The van der Waals surface area contributed by atoms with Gasteiger partial charge in [0.1, 0.15) is 12.7 Å². The largest absolute Gasteiger partial charge is 0.462 e. The highest BCUT2D eigenvalue weighted by molar-refractivity contribution is 9.09. The molecule has 0 aromatic heterocycles. The number of hydrogen-bond acceptors (Lipinski definition) is 9. The first-order valence-corrected chi connectivity index (χ1v) is 13.0. The Bertz CT molecular complexity index is 824. The molecule has 0 saturated carbocycles. The Morgan fingerprint density at radius 2 is 0.917 bits per heavy atom. The third kappa shape index (κ3) is 9.01. The second kappa shape index (κ2) is 11.4. The lowest BCUT2D eigenvalue weighted by atomic mass is 9.93. The van der Waals surface area contributed by atoms with Gasteiger partial charge in [-0.25, -0.2) is 0 Å². The molecule has 208 valence electrons. The maximum absolute atomic E-state index is 13.0. The molecule has 9 nitrogen and oxygen atoms in total. The zero-order valence-corrected chi connectivity index (χ0v) is 25.2. The zero-order chi connectivity index (χ0) is 28.4. The molecule has 0 bridgehead atoms. The molecule has 1 rings (SSSR count). The maximum atomic E-state index is 13.0. The summed E-state index contributed by atoms with van der Waals surface area (Å²) in [5.74, 6) is -2.22. The molecule has 1 heterocycles. The predicted molar refractivity (Wildman–Crippen MR) is 136 cm³/mol.